The van der Waals surface area contributed by atoms with Gasteiger partial charge in [-0.3, -0.25) is 14.9 Å². The molecule has 1 amide bonds. The van der Waals surface area contributed by atoms with Crippen molar-refractivity contribution in [2.75, 3.05) is 5.32 Å². The highest BCUT2D eigenvalue weighted by Crippen LogP contribution is 2.26. The zero-order chi connectivity index (χ0) is 18.4. The lowest BCUT2D eigenvalue weighted by molar-refractivity contribution is -0.524. The number of benzene rings is 2. The molecule has 0 fully saturated rings. The van der Waals surface area contributed by atoms with Crippen molar-refractivity contribution in [3.63, 3.8) is 0 Å². The number of anilines is 1. The van der Waals surface area contributed by atoms with Gasteiger partial charge in [0.15, 0.2) is 0 Å². The van der Waals surface area contributed by atoms with E-state index < -0.39 is 16.9 Å². The molecule has 130 valence electrons. The van der Waals surface area contributed by atoms with Crippen LogP contribution in [-0.2, 0) is 11.2 Å². The van der Waals surface area contributed by atoms with Crippen LogP contribution in [0.1, 0.15) is 40.9 Å². The SMILES string of the molecule is CC(c1ccc(C(=O)[O-])cc1NC(=O)CCc1ccccc1)[N+](=O)[O-]. The first-order valence-electron chi connectivity index (χ1n) is 7.71. The van der Waals surface area contributed by atoms with Crippen LogP contribution in [-0.4, -0.2) is 16.8 Å². The number of hydrogen-bond acceptors (Lipinski definition) is 5. The lowest BCUT2D eigenvalue weighted by atomic mass is 10.0. The van der Waals surface area contributed by atoms with Gasteiger partial charge in [0.25, 0.3) is 0 Å². The largest absolute Gasteiger partial charge is 0.545 e. The third kappa shape index (κ3) is 4.87. The van der Waals surface area contributed by atoms with E-state index in [1.165, 1.54) is 25.1 Å². The molecule has 0 radical (unpaired) electrons. The van der Waals surface area contributed by atoms with Gasteiger partial charge in [0.1, 0.15) is 0 Å². The molecule has 1 unspecified atom stereocenters. The van der Waals surface area contributed by atoms with Gasteiger partial charge < -0.3 is 15.2 Å². The van der Waals surface area contributed by atoms with Crippen molar-refractivity contribution in [3.8, 4) is 0 Å². The molecule has 0 heterocycles. The van der Waals surface area contributed by atoms with Crippen LogP contribution in [0.4, 0.5) is 5.69 Å². The minimum atomic E-state index is -1.42. The van der Waals surface area contributed by atoms with E-state index in [9.17, 15) is 24.8 Å². The van der Waals surface area contributed by atoms with Gasteiger partial charge in [-0.1, -0.05) is 36.4 Å². The molecule has 0 saturated carbocycles. The number of carboxylic acids is 1. The second kappa shape index (κ2) is 8.05. The summed E-state index contributed by atoms with van der Waals surface area (Å²) in [4.78, 5) is 33.7. The van der Waals surface area contributed by atoms with Crippen LogP contribution in [0.15, 0.2) is 48.5 Å². The summed E-state index contributed by atoms with van der Waals surface area (Å²) < 4.78 is 0. The van der Waals surface area contributed by atoms with Crippen molar-refractivity contribution >= 4 is 17.6 Å². The predicted octanol–water partition coefficient (Wildman–Crippen LogP) is 1.96. The molecule has 25 heavy (non-hydrogen) atoms. The Labute approximate surface area is 144 Å². The topological polar surface area (TPSA) is 112 Å². The monoisotopic (exact) mass is 341 g/mol. The van der Waals surface area contributed by atoms with Crippen LogP contribution in [0.2, 0.25) is 0 Å². The molecule has 2 rings (SSSR count). The van der Waals surface area contributed by atoms with E-state index in [-0.39, 0.29) is 29.1 Å². The number of rotatable bonds is 7. The fourth-order valence-electron chi connectivity index (χ4n) is 2.38. The maximum absolute atomic E-state index is 12.2. The quantitative estimate of drug-likeness (QED) is 0.611. The minimum absolute atomic E-state index is 0.115. The molecule has 0 aliphatic carbocycles. The molecule has 2 aromatic rings. The second-order valence-electron chi connectivity index (χ2n) is 5.58. The lowest BCUT2D eigenvalue weighted by Gasteiger charge is -2.14. The van der Waals surface area contributed by atoms with E-state index in [2.05, 4.69) is 5.32 Å². The molecular formula is C18H17N2O5-. The molecule has 0 aliphatic rings. The number of amides is 1. The normalized spacial score (nSPS) is 11.6. The van der Waals surface area contributed by atoms with Gasteiger partial charge in [0.2, 0.25) is 11.9 Å². The van der Waals surface area contributed by atoms with Crippen molar-refractivity contribution in [1.82, 2.24) is 0 Å². The predicted molar refractivity (Wildman–Crippen MR) is 89.6 cm³/mol. The van der Waals surface area contributed by atoms with E-state index in [0.717, 1.165) is 5.56 Å². The van der Waals surface area contributed by atoms with Crippen LogP contribution in [0.5, 0.6) is 0 Å². The Morgan fingerprint density at radius 1 is 1.16 bits per heavy atom. The maximum atomic E-state index is 12.2. The molecule has 7 heteroatoms. The fraction of sp³-hybridized carbons (Fsp3) is 0.222. The highest BCUT2D eigenvalue weighted by molar-refractivity contribution is 5.94. The third-order valence-electron chi connectivity index (χ3n) is 3.81. The van der Waals surface area contributed by atoms with Gasteiger partial charge >= 0.3 is 0 Å². The zero-order valence-electron chi connectivity index (χ0n) is 13.6. The van der Waals surface area contributed by atoms with Crippen molar-refractivity contribution < 1.29 is 19.6 Å². The Kier molecular flexibility index (Phi) is 5.84. The van der Waals surface area contributed by atoms with Crippen LogP contribution < -0.4 is 10.4 Å². The molecule has 0 saturated heterocycles. The number of hydrogen-bond donors (Lipinski definition) is 1. The second-order valence-corrected chi connectivity index (χ2v) is 5.58. The van der Waals surface area contributed by atoms with Crippen molar-refractivity contribution in [2.24, 2.45) is 0 Å². The third-order valence-corrected chi connectivity index (χ3v) is 3.81. The summed E-state index contributed by atoms with van der Waals surface area (Å²) >= 11 is 0. The number of nitro groups is 1. The van der Waals surface area contributed by atoms with Gasteiger partial charge in [0, 0.05) is 23.8 Å². The number of aromatic carboxylic acids is 1. The summed E-state index contributed by atoms with van der Waals surface area (Å²) in [5.41, 5.74) is 1.18. The first-order valence-corrected chi connectivity index (χ1v) is 7.71. The van der Waals surface area contributed by atoms with Crippen molar-refractivity contribution in [1.29, 1.82) is 0 Å². The minimum Gasteiger partial charge on any atom is -0.545 e. The summed E-state index contributed by atoms with van der Waals surface area (Å²) in [6.45, 7) is 1.37. The zero-order valence-corrected chi connectivity index (χ0v) is 13.6. The Balaban J connectivity index is 2.17. The average Bonchev–Trinajstić information content (AvgIpc) is 2.60. The number of carbonyl (C=O) groups excluding carboxylic acids is 2. The standard InChI is InChI=1S/C18H18N2O5/c1-12(20(24)25)15-9-8-14(18(22)23)11-16(15)19-17(21)10-7-13-5-3-2-4-6-13/h2-6,8-9,11-12H,7,10H2,1H3,(H,19,21)(H,22,23)/p-1. The molecule has 0 aliphatic heterocycles. The van der Waals surface area contributed by atoms with Crippen LogP contribution in [0.3, 0.4) is 0 Å². The van der Waals surface area contributed by atoms with Crippen molar-refractivity contribution in [2.45, 2.75) is 25.8 Å². The first-order chi connectivity index (χ1) is 11.9. The molecule has 1 atom stereocenters. The molecule has 0 bridgehead atoms. The van der Waals surface area contributed by atoms with Crippen molar-refractivity contribution in [3.05, 3.63) is 75.3 Å². The Morgan fingerprint density at radius 2 is 1.84 bits per heavy atom. The maximum Gasteiger partial charge on any atom is 0.237 e. The van der Waals surface area contributed by atoms with Gasteiger partial charge in [-0.15, -0.1) is 0 Å². The summed E-state index contributed by atoms with van der Waals surface area (Å²) in [6.07, 6.45) is 0.679. The highest BCUT2D eigenvalue weighted by Gasteiger charge is 2.21. The van der Waals surface area contributed by atoms with E-state index in [1.54, 1.807) is 0 Å². The molecule has 0 aromatic heterocycles. The summed E-state index contributed by atoms with van der Waals surface area (Å²) in [7, 11) is 0. The van der Waals surface area contributed by atoms with E-state index in [4.69, 9.17) is 0 Å². The number of carboxylic acid groups (broad SMARTS) is 1. The summed E-state index contributed by atoms with van der Waals surface area (Å²) in [6, 6.07) is 12.1. The lowest BCUT2D eigenvalue weighted by Crippen LogP contribution is -2.23. The van der Waals surface area contributed by atoms with E-state index >= 15 is 0 Å². The molecule has 7 nitrogen and oxygen atoms in total. The van der Waals surface area contributed by atoms with E-state index in [0.29, 0.717) is 6.42 Å². The number of nitrogens with one attached hydrogen (secondary N) is 1. The average molecular weight is 341 g/mol. The fourth-order valence-corrected chi connectivity index (χ4v) is 2.38. The number of aryl methyl sites for hydroxylation is 1. The molecule has 1 N–H and O–H groups in total. The van der Waals surface area contributed by atoms with Gasteiger partial charge in [-0.2, -0.15) is 0 Å². The number of carbonyl (C=O) groups is 2. The van der Waals surface area contributed by atoms with Gasteiger partial charge in [-0.25, -0.2) is 0 Å². The Hall–Kier alpha value is -3.22. The highest BCUT2D eigenvalue weighted by atomic mass is 16.6. The van der Waals surface area contributed by atoms with Gasteiger partial charge in [-0.05, 0) is 29.7 Å². The van der Waals surface area contributed by atoms with Crippen LogP contribution in [0, 0.1) is 10.1 Å². The van der Waals surface area contributed by atoms with E-state index in [1.807, 2.05) is 30.3 Å². The molecular weight excluding hydrogens is 324 g/mol. The van der Waals surface area contributed by atoms with Crippen LogP contribution >= 0.6 is 0 Å². The Bertz CT molecular complexity index is 789. The Morgan fingerprint density at radius 3 is 2.44 bits per heavy atom. The number of nitrogens with zero attached hydrogens (tertiary/aromatic N) is 1. The summed E-state index contributed by atoms with van der Waals surface area (Å²) in [5.74, 6) is -1.77. The van der Waals surface area contributed by atoms with Gasteiger partial charge in [0.05, 0.1) is 11.7 Å². The van der Waals surface area contributed by atoms with Crippen LogP contribution in [0.25, 0.3) is 0 Å². The first kappa shape index (κ1) is 18.1. The summed E-state index contributed by atoms with van der Waals surface area (Å²) in [5, 5.41) is 24.6. The molecule has 2 aromatic carbocycles. The molecule has 0 spiro atoms. The smallest absolute Gasteiger partial charge is 0.237 e.